The summed E-state index contributed by atoms with van der Waals surface area (Å²) in [4.78, 5) is 13.5. The van der Waals surface area contributed by atoms with Crippen LogP contribution >= 0.6 is 0 Å². The number of amides is 1. The largest absolute Gasteiger partial charge is 0.489 e. The van der Waals surface area contributed by atoms with Crippen LogP contribution in [0.5, 0.6) is 5.75 Å². The van der Waals surface area contributed by atoms with Crippen LogP contribution in [-0.4, -0.2) is 53.4 Å². The third-order valence-corrected chi connectivity index (χ3v) is 3.16. The second-order valence-electron chi connectivity index (χ2n) is 5.37. The Labute approximate surface area is 131 Å². The van der Waals surface area contributed by atoms with Crippen molar-refractivity contribution in [3.05, 3.63) is 23.8 Å². The monoisotopic (exact) mass is 310 g/mol. The summed E-state index contributed by atoms with van der Waals surface area (Å²) in [5.74, 6) is 0.552. The van der Waals surface area contributed by atoms with Crippen LogP contribution in [0.25, 0.3) is 0 Å². The molecular weight excluding hydrogens is 284 g/mol. The van der Waals surface area contributed by atoms with Crippen molar-refractivity contribution >= 4 is 11.6 Å². The molecule has 6 nitrogen and oxygen atoms in total. The van der Waals surface area contributed by atoms with E-state index in [0.717, 1.165) is 5.56 Å². The Bertz CT molecular complexity index is 471. The number of nitrogens with zero attached hydrogens (tertiary/aromatic N) is 1. The number of aryl methyl sites for hydroxylation is 1. The number of carbonyl (C=O) groups excluding carboxylic acids is 1. The number of hydrogen-bond donors (Lipinski definition) is 3. The molecule has 1 aromatic rings. The lowest BCUT2D eigenvalue weighted by Crippen LogP contribution is -2.35. The first kappa shape index (κ1) is 18.3. The third kappa shape index (κ3) is 5.91. The minimum atomic E-state index is -0.111. The molecule has 1 aromatic carbocycles. The van der Waals surface area contributed by atoms with Gasteiger partial charge in [-0.3, -0.25) is 4.79 Å². The maximum absolute atomic E-state index is 12.0. The molecule has 6 heteroatoms. The van der Waals surface area contributed by atoms with Crippen LogP contribution in [0.15, 0.2) is 18.2 Å². The predicted octanol–water partition coefficient (Wildman–Crippen LogP) is 0.802. The standard InChI is InChI=1S/C16H26N2O4/c1-12(2)22-15-5-3-13(11-14(15)17)4-6-16(21)18(7-9-19)8-10-20/h3,5,11-12,19-20H,4,6-10,17H2,1-2H3. The van der Waals surface area contributed by atoms with Crippen molar-refractivity contribution in [3.63, 3.8) is 0 Å². The summed E-state index contributed by atoms with van der Waals surface area (Å²) in [6, 6.07) is 5.52. The van der Waals surface area contributed by atoms with Gasteiger partial charge in [-0.15, -0.1) is 0 Å². The molecule has 0 aliphatic heterocycles. The van der Waals surface area contributed by atoms with Gasteiger partial charge >= 0.3 is 0 Å². The molecule has 0 heterocycles. The first-order chi connectivity index (χ1) is 10.5. The van der Waals surface area contributed by atoms with Gasteiger partial charge in [-0.05, 0) is 38.0 Å². The van der Waals surface area contributed by atoms with E-state index in [-0.39, 0.29) is 38.3 Å². The van der Waals surface area contributed by atoms with Gasteiger partial charge in [0, 0.05) is 19.5 Å². The number of aliphatic hydroxyl groups is 2. The molecule has 0 aromatic heterocycles. The Balaban J connectivity index is 2.60. The molecule has 0 aliphatic carbocycles. The summed E-state index contributed by atoms with van der Waals surface area (Å²) in [5.41, 5.74) is 7.46. The molecule has 1 amide bonds. The van der Waals surface area contributed by atoms with Gasteiger partial charge < -0.3 is 25.6 Å². The highest BCUT2D eigenvalue weighted by Gasteiger charge is 2.13. The van der Waals surface area contributed by atoms with Crippen LogP contribution in [0.3, 0.4) is 0 Å². The molecule has 0 bridgehead atoms. The number of nitrogen functional groups attached to an aromatic ring is 1. The average Bonchev–Trinajstić information content (AvgIpc) is 2.46. The maximum Gasteiger partial charge on any atom is 0.223 e. The number of benzene rings is 1. The van der Waals surface area contributed by atoms with Gasteiger partial charge in [0.15, 0.2) is 0 Å². The smallest absolute Gasteiger partial charge is 0.223 e. The van der Waals surface area contributed by atoms with Crippen LogP contribution in [0.2, 0.25) is 0 Å². The maximum atomic E-state index is 12.0. The molecule has 4 N–H and O–H groups in total. The highest BCUT2D eigenvalue weighted by molar-refractivity contribution is 5.76. The Morgan fingerprint density at radius 3 is 2.41 bits per heavy atom. The number of nitrogens with two attached hydrogens (primary N) is 1. The average molecular weight is 310 g/mol. The molecule has 22 heavy (non-hydrogen) atoms. The van der Waals surface area contributed by atoms with Gasteiger partial charge in [0.2, 0.25) is 5.91 Å². The van der Waals surface area contributed by atoms with Crippen molar-refractivity contribution in [1.82, 2.24) is 4.90 Å². The number of anilines is 1. The summed E-state index contributed by atoms with van der Waals surface area (Å²) < 4.78 is 5.57. The van der Waals surface area contributed by atoms with E-state index >= 15 is 0 Å². The van der Waals surface area contributed by atoms with E-state index in [9.17, 15) is 4.79 Å². The topological polar surface area (TPSA) is 96.0 Å². The van der Waals surface area contributed by atoms with E-state index in [2.05, 4.69) is 0 Å². The molecular formula is C16H26N2O4. The summed E-state index contributed by atoms with van der Waals surface area (Å²) in [6.07, 6.45) is 0.919. The first-order valence-corrected chi connectivity index (χ1v) is 7.52. The lowest BCUT2D eigenvalue weighted by atomic mass is 10.1. The fourth-order valence-electron chi connectivity index (χ4n) is 2.13. The number of rotatable bonds is 9. The second-order valence-corrected chi connectivity index (χ2v) is 5.37. The highest BCUT2D eigenvalue weighted by Crippen LogP contribution is 2.24. The molecule has 0 fully saturated rings. The number of hydrogen-bond acceptors (Lipinski definition) is 5. The molecule has 0 atom stereocenters. The summed E-state index contributed by atoms with van der Waals surface area (Å²) >= 11 is 0. The van der Waals surface area contributed by atoms with E-state index in [1.165, 1.54) is 4.90 Å². The van der Waals surface area contributed by atoms with Crippen LogP contribution in [0, 0.1) is 0 Å². The van der Waals surface area contributed by atoms with Crippen LogP contribution in [-0.2, 0) is 11.2 Å². The highest BCUT2D eigenvalue weighted by atomic mass is 16.5. The van der Waals surface area contributed by atoms with E-state index in [1.54, 1.807) is 0 Å². The van der Waals surface area contributed by atoms with E-state index < -0.39 is 0 Å². The van der Waals surface area contributed by atoms with E-state index in [0.29, 0.717) is 24.3 Å². The zero-order chi connectivity index (χ0) is 16.5. The molecule has 1 rings (SSSR count). The minimum Gasteiger partial charge on any atom is -0.489 e. The second kappa shape index (κ2) is 9.27. The normalized spacial score (nSPS) is 10.8. The van der Waals surface area contributed by atoms with Gasteiger partial charge in [0.05, 0.1) is 25.0 Å². The number of aliphatic hydroxyl groups excluding tert-OH is 2. The summed E-state index contributed by atoms with van der Waals surface area (Å²) in [7, 11) is 0. The van der Waals surface area contributed by atoms with Crippen molar-refractivity contribution in [2.75, 3.05) is 32.0 Å². The fourth-order valence-corrected chi connectivity index (χ4v) is 2.13. The van der Waals surface area contributed by atoms with Crippen molar-refractivity contribution in [3.8, 4) is 5.75 Å². The SMILES string of the molecule is CC(C)Oc1ccc(CCC(=O)N(CCO)CCO)cc1N. The first-order valence-electron chi connectivity index (χ1n) is 7.52. The summed E-state index contributed by atoms with van der Waals surface area (Å²) in [6.45, 7) is 4.12. The zero-order valence-corrected chi connectivity index (χ0v) is 13.3. The van der Waals surface area contributed by atoms with E-state index in [4.69, 9.17) is 20.7 Å². The fraction of sp³-hybridized carbons (Fsp3) is 0.562. The Morgan fingerprint density at radius 2 is 1.91 bits per heavy atom. The van der Waals surface area contributed by atoms with Gasteiger partial charge in [0.25, 0.3) is 0 Å². The lowest BCUT2D eigenvalue weighted by Gasteiger charge is -2.20. The molecule has 0 unspecified atom stereocenters. The van der Waals surface area contributed by atoms with Gasteiger partial charge in [-0.25, -0.2) is 0 Å². The molecule has 0 radical (unpaired) electrons. The molecule has 0 spiro atoms. The molecule has 0 saturated heterocycles. The third-order valence-electron chi connectivity index (χ3n) is 3.16. The van der Waals surface area contributed by atoms with Crippen molar-refractivity contribution < 1.29 is 19.7 Å². The van der Waals surface area contributed by atoms with E-state index in [1.807, 2.05) is 32.0 Å². The Hall–Kier alpha value is -1.79. The van der Waals surface area contributed by atoms with Crippen LogP contribution in [0.1, 0.15) is 25.8 Å². The zero-order valence-electron chi connectivity index (χ0n) is 13.3. The van der Waals surface area contributed by atoms with Gasteiger partial charge in [-0.2, -0.15) is 0 Å². The Morgan fingerprint density at radius 1 is 1.27 bits per heavy atom. The van der Waals surface area contributed by atoms with Gasteiger partial charge in [-0.1, -0.05) is 6.07 Å². The minimum absolute atomic E-state index is 0.0558. The molecule has 0 aliphatic rings. The molecule has 0 saturated carbocycles. The molecule has 124 valence electrons. The van der Waals surface area contributed by atoms with Crippen molar-refractivity contribution in [2.24, 2.45) is 0 Å². The van der Waals surface area contributed by atoms with Crippen LogP contribution in [0.4, 0.5) is 5.69 Å². The Kier molecular flexibility index (Phi) is 7.70. The predicted molar refractivity (Wildman–Crippen MR) is 85.7 cm³/mol. The number of carbonyl (C=O) groups is 1. The van der Waals surface area contributed by atoms with Gasteiger partial charge in [0.1, 0.15) is 5.75 Å². The van der Waals surface area contributed by atoms with Crippen molar-refractivity contribution in [2.45, 2.75) is 32.8 Å². The summed E-state index contributed by atoms with van der Waals surface area (Å²) in [5, 5.41) is 17.9. The van der Waals surface area contributed by atoms with Crippen molar-refractivity contribution in [1.29, 1.82) is 0 Å². The quantitative estimate of drug-likeness (QED) is 0.586. The lowest BCUT2D eigenvalue weighted by molar-refractivity contribution is -0.132. The number of ether oxygens (including phenoxy) is 1. The van der Waals surface area contributed by atoms with Crippen LogP contribution < -0.4 is 10.5 Å².